The fourth-order valence-electron chi connectivity index (χ4n) is 1.15. The van der Waals surface area contributed by atoms with E-state index in [9.17, 15) is 9.90 Å². The van der Waals surface area contributed by atoms with Crippen LogP contribution < -0.4 is 10.5 Å². The van der Waals surface area contributed by atoms with E-state index in [1.165, 1.54) is 19.2 Å². The van der Waals surface area contributed by atoms with Crippen LogP contribution >= 0.6 is 0 Å². The summed E-state index contributed by atoms with van der Waals surface area (Å²) in [5.74, 6) is 4.50. The highest BCUT2D eigenvalue weighted by Gasteiger charge is 2.08. The molecule has 86 valence electrons. The van der Waals surface area contributed by atoms with Gasteiger partial charge in [-0.15, -0.1) is 0 Å². The van der Waals surface area contributed by atoms with E-state index in [0.717, 1.165) is 0 Å². The van der Waals surface area contributed by atoms with E-state index in [1.54, 1.807) is 0 Å². The first-order valence-corrected chi connectivity index (χ1v) is 4.66. The summed E-state index contributed by atoms with van der Waals surface area (Å²) in [4.78, 5) is 10.5. The molecule has 0 aromatic heterocycles. The van der Waals surface area contributed by atoms with Crippen molar-refractivity contribution in [3.63, 3.8) is 0 Å². The third-order valence-electron chi connectivity index (χ3n) is 1.91. The maximum atomic E-state index is 10.5. The quantitative estimate of drug-likeness (QED) is 0.723. The molecule has 0 aliphatic heterocycles. The van der Waals surface area contributed by atoms with Crippen molar-refractivity contribution in [1.82, 2.24) is 0 Å². The van der Waals surface area contributed by atoms with E-state index in [2.05, 4.69) is 11.8 Å². The van der Waals surface area contributed by atoms with E-state index in [-0.39, 0.29) is 23.5 Å². The number of aromatic hydroxyl groups is 1. The van der Waals surface area contributed by atoms with Gasteiger partial charge < -0.3 is 15.6 Å². The molecule has 5 nitrogen and oxygen atoms in total. The molecule has 1 rings (SSSR count). The van der Waals surface area contributed by atoms with Crippen molar-refractivity contribution in [3.05, 3.63) is 23.3 Å². The van der Waals surface area contributed by atoms with Crippen molar-refractivity contribution in [2.75, 3.05) is 7.11 Å². The van der Waals surface area contributed by atoms with Gasteiger partial charge in [-0.2, -0.15) is 5.26 Å². The molecule has 17 heavy (non-hydrogen) atoms. The molecule has 1 aromatic carbocycles. The summed E-state index contributed by atoms with van der Waals surface area (Å²) in [5.41, 5.74) is 5.46. The third kappa shape index (κ3) is 3.15. The van der Waals surface area contributed by atoms with Gasteiger partial charge in [0.05, 0.1) is 30.7 Å². The lowest BCUT2D eigenvalue weighted by Gasteiger charge is -2.05. The lowest BCUT2D eigenvalue weighted by atomic mass is 10.1. The zero-order valence-electron chi connectivity index (χ0n) is 9.15. The Kier molecular flexibility index (Phi) is 3.96. The minimum absolute atomic E-state index is 0.113. The molecule has 0 bridgehead atoms. The first-order chi connectivity index (χ1) is 8.08. The molecule has 0 spiro atoms. The van der Waals surface area contributed by atoms with Gasteiger partial charge in [-0.1, -0.05) is 11.8 Å². The number of hydrogen-bond donors (Lipinski definition) is 2. The number of phenolic OH excluding ortho intramolecular Hbond substituents is 1. The smallest absolute Gasteiger partial charge is 0.229 e. The van der Waals surface area contributed by atoms with Gasteiger partial charge in [0.2, 0.25) is 5.91 Å². The number of benzene rings is 1. The summed E-state index contributed by atoms with van der Waals surface area (Å²) in [6, 6.07) is 4.72. The van der Waals surface area contributed by atoms with Crippen LogP contribution in [0.5, 0.6) is 11.5 Å². The minimum atomic E-state index is -0.555. The van der Waals surface area contributed by atoms with Crippen molar-refractivity contribution < 1.29 is 14.6 Å². The van der Waals surface area contributed by atoms with Crippen LogP contribution in [-0.4, -0.2) is 18.1 Å². The average molecular weight is 230 g/mol. The predicted octanol–water partition coefficient (Wildman–Crippen LogP) is 0.499. The molecule has 0 heterocycles. The monoisotopic (exact) mass is 230 g/mol. The van der Waals surface area contributed by atoms with Crippen molar-refractivity contribution in [2.45, 2.75) is 6.42 Å². The number of phenols is 1. The van der Waals surface area contributed by atoms with E-state index >= 15 is 0 Å². The number of nitriles is 1. The van der Waals surface area contributed by atoms with Crippen LogP contribution in [-0.2, 0) is 4.79 Å². The van der Waals surface area contributed by atoms with E-state index in [0.29, 0.717) is 5.56 Å². The predicted molar refractivity (Wildman–Crippen MR) is 60.1 cm³/mol. The van der Waals surface area contributed by atoms with Gasteiger partial charge in [0, 0.05) is 6.07 Å². The largest absolute Gasteiger partial charge is 0.503 e. The van der Waals surface area contributed by atoms with Crippen LogP contribution in [0.4, 0.5) is 0 Å². The normalized spacial score (nSPS) is 8.71. The number of carbonyl (C=O) groups is 1. The zero-order valence-corrected chi connectivity index (χ0v) is 9.15. The van der Waals surface area contributed by atoms with Crippen LogP contribution in [0, 0.1) is 23.2 Å². The molecule has 0 saturated carbocycles. The Labute approximate surface area is 98.4 Å². The Morgan fingerprint density at radius 2 is 2.29 bits per heavy atom. The molecule has 1 aromatic rings. The molecule has 0 unspecified atom stereocenters. The van der Waals surface area contributed by atoms with Crippen molar-refractivity contribution >= 4 is 5.91 Å². The minimum Gasteiger partial charge on any atom is -0.503 e. The van der Waals surface area contributed by atoms with Gasteiger partial charge in [0.25, 0.3) is 0 Å². The van der Waals surface area contributed by atoms with E-state index in [1.807, 2.05) is 6.07 Å². The second kappa shape index (κ2) is 5.43. The van der Waals surface area contributed by atoms with Crippen molar-refractivity contribution in [3.8, 4) is 29.4 Å². The summed E-state index contributed by atoms with van der Waals surface area (Å²) in [6.45, 7) is 0. The average Bonchev–Trinajstić information content (AvgIpc) is 2.31. The number of amides is 1. The van der Waals surface area contributed by atoms with Gasteiger partial charge in [-0.05, 0) is 6.07 Å². The molecular formula is C12H10N2O3. The lowest BCUT2D eigenvalue weighted by Crippen LogP contribution is -2.08. The molecular weight excluding hydrogens is 220 g/mol. The topological polar surface area (TPSA) is 96.3 Å². The summed E-state index contributed by atoms with van der Waals surface area (Å²) in [7, 11) is 1.37. The molecule has 5 heteroatoms. The first kappa shape index (κ1) is 12.4. The number of nitrogens with zero attached hydrogens (tertiary/aromatic N) is 1. The number of rotatable bonds is 2. The maximum absolute atomic E-state index is 10.5. The number of methoxy groups -OCH3 is 1. The Bertz CT molecular complexity index is 547. The van der Waals surface area contributed by atoms with Gasteiger partial charge in [0.15, 0.2) is 11.5 Å². The number of ether oxygens (including phenoxy) is 1. The number of carbonyl (C=O) groups excluding carboxylic acids is 1. The fourth-order valence-corrected chi connectivity index (χ4v) is 1.15. The Morgan fingerprint density at radius 3 is 2.82 bits per heavy atom. The first-order valence-electron chi connectivity index (χ1n) is 4.66. The highest BCUT2D eigenvalue weighted by Crippen LogP contribution is 2.30. The molecule has 0 atom stereocenters. The summed E-state index contributed by atoms with van der Waals surface area (Å²) >= 11 is 0. The lowest BCUT2D eigenvalue weighted by molar-refractivity contribution is -0.117. The molecule has 1 amide bonds. The summed E-state index contributed by atoms with van der Waals surface area (Å²) < 4.78 is 4.90. The van der Waals surface area contributed by atoms with Crippen molar-refractivity contribution in [1.29, 1.82) is 5.26 Å². The second-order valence-corrected chi connectivity index (χ2v) is 3.13. The van der Waals surface area contributed by atoms with Crippen molar-refractivity contribution in [2.24, 2.45) is 5.73 Å². The third-order valence-corrected chi connectivity index (χ3v) is 1.91. The highest BCUT2D eigenvalue weighted by atomic mass is 16.5. The number of nitrogens with two attached hydrogens (primary N) is 1. The summed E-state index contributed by atoms with van der Waals surface area (Å²) in [6.07, 6.45) is -0.113. The molecule has 0 aliphatic carbocycles. The van der Waals surface area contributed by atoms with E-state index in [4.69, 9.17) is 15.7 Å². The molecule has 0 aliphatic rings. The molecule has 3 N–H and O–H groups in total. The molecule has 0 fully saturated rings. The van der Waals surface area contributed by atoms with Crippen LogP contribution in [0.25, 0.3) is 0 Å². The van der Waals surface area contributed by atoms with Gasteiger partial charge in [-0.3, -0.25) is 4.79 Å². The number of primary amides is 1. The number of hydrogen-bond acceptors (Lipinski definition) is 4. The summed E-state index contributed by atoms with van der Waals surface area (Å²) in [5, 5.41) is 18.5. The van der Waals surface area contributed by atoms with Crippen LogP contribution in [0.2, 0.25) is 0 Å². The second-order valence-electron chi connectivity index (χ2n) is 3.13. The SMILES string of the molecule is COc1cc(C#N)cc(C#CCC(N)=O)c1O. The molecule has 0 saturated heterocycles. The van der Waals surface area contributed by atoms with Crippen LogP contribution in [0.15, 0.2) is 12.1 Å². The van der Waals surface area contributed by atoms with E-state index < -0.39 is 5.91 Å². The Balaban J connectivity index is 3.17. The van der Waals surface area contributed by atoms with Gasteiger partial charge in [0.1, 0.15) is 0 Å². The zero-order chi connectivity index (χ0) is 12.8. The molecule has 0 radical (unpaired) electrons. The Hall–Kier alpha value is -2.66. The van der Waals surface area contributed by atoms with Crippen LogP contribution in [0.3, 0.4) is 0 Å². The van der Waals surface area contributed by atoms with Gasteiger partial charge in [-0.25, -0.2) is 0 Å². The van der Waals surface area contributed by atoms with Gasteiger partial charge >= 0.3 is 0 Å². The maximum Gasteiger partial charge on any atom is 0.229 e. The standard InChI is InChI=1S/C12H10N2O3/c1-17-10-6-8(7-13)5-9(12(10)16)3-2-4-11(14)15/h5-6,16H,4H2,1H3,(H2,14,15). The van der Waals surface area contributed by atoms with Crippen LogP contribution in [0.1, 0.15) is 17.5 Å². The Morgan fingerprint density at radius 1 is 1.59 bits per heavy atom. The fraction of sp³-hybridized carbons (Fsp3) is 0.167. The highest BCUT2D eigenvalue weighted by molar-refractivity contribution is 5.76.